The molecule has 0 aromatic heterocycles. The molecule has 0 saturated heterocycles. The number of alkyl carbamates (subject to hydrolysis) is 1. The van der Waals surface area contributed by atoms with E-state index in [-0.39, 0.29) is 37.5 Å². The predicted octanol–water partition coefficient (Wildman–Crippen LogP) is 1.64. The molecule has 360 valence electrons. The van der Waals surface area contributed by atoms with Crippen LogP contribution in [0.1, 0.15) is 67.7 Å². The average molecular weight is 935 g/mol. The van der Waals surface area contributed by atoms with E-state index in [1.165, 1.54) is 38.1 Å². The summed E-state index contributed by atoms with van der Waals surface area (Å²) in [5.74, 6) is -7.10. The number of aliphatic carboxylic acids is 1. The Morgan fingerprint density at radius 2 is 1.06 bits per heavy atom. The van der Waals surface area contributed by atoms with Crippen molar-refractivity contribution in [1.29, 1.82) is 0 Å². The lowest BCUT2D eigenvalue weighted by Crippen LogP contribution is -2.60. The maximum atomic E-state index is 13.9. The molecule has 7 amide bonds. The molecule has 0 fully saturated rings. The minimum absolute atomic E-state index is 0.000553. The van der Waals surface area contributed by atoms with Crippen LogP contribution >= 0.6 is 0 Å². The Labute approximate surface area is 393 Å². The first-order valence-corrected chi connectivity index (χ1v) is 22.2. The van der Waals surface area contributed by atoms with Gasteiger partial charge in [-0.3, -0.25) is 33.6 Å². The summed E-state index contributed by atoms with van der Waals surface area (Å²) in [6.07, 6.45) is -1.06. The number of hydrogen-bond acceptors (Lipinski definition) is 11. The summed E-state index contributed by atoms with van der Waals surface area (Å²) in [4.78, 5) is 106. The number of fused-ring (bicyclic) bond motifs is 3. The zero-order valence-corrected chi connectivity index (χ0v) is 37.7. The topological polar surface area (TPSA) is 310 Å². The van der Waals surface area contributed by atoms with Crippen LogP contribution in [0.5, 0.6) is 5.75 Å². The molecule has 68 heavy (non-hydrogen) atoms. The van der Waals surface area contributed by atoms with Crippen LogP contribution in [0, 0.1) is 0 Å². The molecule has 4 aromatic rings. The van der Waals surface area contributed by atoms with E-state index in [0.717, 1.165) is 22.3 Å². The van der Waals surface area contributed by atoms with E-state index >= 15 is 0 Å². The first-order chi connectivity index (χ1) is 32.5. The highest BCUT2D eigenvalue weighted by atomic mass is 16.5. The number of carbonyl (C=O) groups excluding carboxylic acids is 7. The maximum Gasteiger partial charge on any atom is 0.407 e. The van der Waals surface area contributed by atoms with Gasteiger partial charge in [0.2, 0.25) is 35.4 Å². The van der Waals surface area contributed by atoms with Gasteiger partial charge in [0.15, 0.2) is 0 Å². The van der Waals surface area contributed by atoms with E-state index in [1.807, 2.05) is 48.5 Å². The van der Waals surface area contributed by atoms with E-state index < -0.39 is 90.2 Å². The fraction of sp³-hybridized carbons (Fsp3) is 0.347. The molecule has 12 N–H and O–H groups in total. The molecule has 6 atom stereocenters. The number of rotatable bonds is 24. The number of phenols is 1. The first-order valence-electron chi connectivity index (χ1n) is 22.2. The summed E-state index contributed by atoms with van der Waals surface area (Å²) in [7, 11) is 0. The lowest BCUT2D eigenvalue weighted by molar-refractivity contribution is -0.141. The molecule has 19 heteroatoms. The van der Waals surface area contributed by atoms with Gasteiger partial charge in [0.25, 0.3) is 0 Å². The van der Waals surface area contributed by atoms with Gasteiger partial charge in [0.1, 0.15) is 48.6 Å². The lowest BCUT2D eigenvalue weighted by Gasteiger charge is -2.26. The highest BCUT2D eigenvalue weighted by Crippen LogP contribution is 2.44. The minimum atomic E-state index is -1.78. The van der Waals surface area contributed by atoms with Gasteiger partial charge in [0.05, 0.1) is 6.42 Å². The molecule has 0 bridgehead atoms. The largest absolute Gasteiger partial charge is 0.508 e. The van der Waals surface area contributed by atoms with Crippen LogP contribution in [0.3, 0.4) is 0 Å². The summed E-state index contributed by atoms with van der Waals surface area (Å²) < 4.78 is 5.71. The Morgan fingerprint density at radius 1 is 0.574 bits per heavy atom. The molecular weight excluding hydrogens is 877 g/mol. The van der Waals surface area contributed by atoms with Crippen LogP contribution in [0.2, 0.25) is 0 Å². The summed E-state index contributed by atoms with van der Waals surface area (Å²) in [6, 6.07) is 21.9. The molecule has 19 nitrogen and oxygen atoms in total. The average Bonchev–Trinajstić information content (AvgIpc) is 3.63. The van der Waals surface area contributed by atoms with Gasteiger partial charge in [-0.1, -0.05) is 91.0 Å². The van der Waals surface area contributed by atoms with Crippen molar-refractivity contribution in [3.05, 3.63) is 125 Å². The number of primary amides is 1. The van der Waals surface area contributed by atoms with E-state index in [4.69, 9.17) is 16.2 Å². The van der Waals surface area contributed by atoms with Gasteiger partial charge in [0, 0.05) is 18.8 Å². The summed E-state index contributed by atoms with van der Waals surface area (Å²) in [5, 5.41) is 34.7. The predicted molar refractivity (Wildman–Crippen MR) is 249 cm³/mol. The van der Waals surface area contributed by atoms with Crippen molar-refractivity contribution in [2.45, 2.75) is 94.5 Å². The number of hydrogen-bond donors (Lipinski definition) is 10. The Balaban J connectivity index is 1.28. The fourth-order valence-electron chi connectivity index (χ4n) is 7.67. The quantitative estimate of drug-likeness (QED) is 0.0449. The SMILES string of the molecule is C[C@H](NC(=O)[C@H](CCCCN)NC(=O)[C@H](Cc1ccc(O)cc1)NC(=O)[C@H](CC(=O)O)NC(=O)[C@H](C)NC(=O)[C@H](Cc1ccccc1)NC(=O)OCC1c2ccccc2-c2ccccc21)C(N)=O. The standard InChI is InChI=1S/C49H58N8O11/c1-28(43(51)61)52-45(63)38(18-10-11-23-50)54-47(65)39(25-31-19-21-32(58)22-20-31)56-48(66)41(26-42(59)60)55-44(62)29(2)53-46(64)40(24-30-12-4-3-5-13-30)57-49(67)68-27-37-35-16-8-6-14-33(35)34-15-7-9-17-36(34)37/h3-9,12-17,19-22,28-29,37-41,58H,10-11,18,23-27,50H2,1-2H3,(H2,51,61)(H,52,63)(H,53,64)(H,54,65)(H,55,62)(H,56,66)(H,57,67)(H,59,60)/t28-,29-,38-,39-,40-,41-/m0/s1. The molecule has 0 spiro atoms. The van der Waals surface area contributed by atoms with Gasteiger partial charge < -0.3 is 58.3 Å². The number of nitrogens with two attached hydrogens (primary N) is 2. The molecule has 0 radical (unpaired) electrons. The van der Waals surface area contributed by atoms with Crippen LogP contribution in [0.25, 0.3) is 11.1 Å². The number of carbonyl (C=O) groups is 8. The first kappa shape index (κ1) is 51.2. The molecule has 0 unspecified atom stereocenters. The highest BCUT2D eigenvalue weighted by molar-refractivity contribution is 5.98. The van der Waals surface area contributed by atoms with Crippen molar-refractivity contribution < 1.29 is 53.3 Å². The zero-order valence-electron chi connectivity index (χ0n) is 37.7. The normalized spacial score (nSPS) is 14.2. The van der Waals surface area contributed by atoms with Gasteiger partial charge in [-0.2, -0.15) is 0 Å². The van der Waals surface area contributed by atoms with Crippen molar-refractivity contribution in [3.63, 3.8) is 0 Å². The van der Waals surface area contributed by atoms with E-state index in [2.05, 4.69) is 31.9 Å². The molecule has 0 saturated carbocycles. The van der Waals surface area contributed by atoms with E-state index in [1.54, 1.807) is 30.3 Å². The molecule has 0 heterocycles. The Morgan fingerprint density at radius 3 is 1.65 bits per heavy atom. The monoisotopic (exact) mass is 934 g/mol. The van der Waals surface area contributed by atoms with Gasteiger partial charge >= 0.3 is 12.1 Å². The number of amides is 7. The molecule has 1 aliphatic rings. The molecular formula is C49H58N8O11. The van der Waals surface area contributed by atoms with Gasteiger partial charge in [-0.15, -0.1) is 0 Å². The third kappa shape index (κ3) is 14.6. The lowest BCUT2D eigenvalue weighted by atomic mass is 9.98. The maximum absolute atomic E-state index is 13.9. The summed E-state index contributed by atoms with van der Waals surface area (Å²) in [6.45, 7) is 2.93. The summed E-state index contributed by atoms with van der Waals surface area (Å²) in [5.41, 5.74) is 16.1. The third-order valence-electron chi connectivity index (χ3n) is 11.4. The second-order valence-corrected chi connectivity index (χ2v) is 16.5. The fourth-order valence-corrected chi connectivity index (χ4v) is 7.67. The van der Waals surface area contributed by atoms with Crippen LogP contribution in [0.4, 0.5) is 4.79 Å². The second-order valence-electron chi connectivity index (χ2n) is 16.5. The number of ether oxygens (including phenoxy) is 1. The number of unbranched alkanes of at least 4 members (excludes halogenated alkanes) is 1. The molecule has 0 aliphatic heterocycles. The Bertz CT molecular complexity index is 2390. The number of phenolic OH excluding ortho intramolecular Hbond substituents is 1. The van der Waals surface area contributed by atoms with E-state index in [0.29, 0.717) is 30.5 Å². The van der Waals surface area contributed by atoms with Crippen LogP contribution in [0.15, 0.2) is 103 Å². The van der Waals surface area contributed by atoms with Crippen molar-refractivity contribution in [3.8, 4) is 16.9 Å². The van der Waals surface area contributed by atoms with Gasteiger partial charge in [-0.05, 0) is 85.2 Å². The molecule has 5 rings (SSSR count). The van der Waals surface area contributed by atoms with Crippen LogP contribution in [-0.2, 0) is 51.1 Å². The van der Waals surface area contributed by atoms with Crippen LogP contribution in [-0.4, -0.2) is 107 Å². The number of aromatic hydroxyl groups is 1. The minimum Gasteiger partial charge on any atom is -0.508 e. The summed E-state index contributed by atoms with van der Waals surface area (Å²) >= 11 is 0. The molecule has 1 aliphatic carbocycles. The number of carboxylic acids is 1. The zero-order chi connectivity index (χ0) is 49.3. The molecule has 4 aromatic carbocycles. The van der Waals surface area contributed by atoms with Crippen molar-refractivity contribution in [1.82, 2.24) is 31.9 Å². The third-order valence-corrected chi connectivity index (χ3v) is 11.4. The number of nitrogens with one attached hydrogen (secondary N) is 6. The number of benzene rings is 4. The van der Waals surface area contributed by atoms with Crippen LogP contribution < -0.4 is 43.4 Å². The van der Waals surface area contributed by atoms with Crippen molar-refractivity contribution in [2.75, 3.05) is 13.2 Å². The Hall–Kier alpha value is -7.80. The Kier molecular flexibility index (Phi) is 18.6. The number of carboxylic acid groups (broad SMARTS) is 1. The van der Waals surface area contributed by atoms with Crippen molar-refractivity contribution >= 4 is 47.5 Å². The highest BCUT2D eigenvalue weighted by Gasteiger charge is 2.34. The van der Waals surface area contributed by atoms with Crippen molar-refractivity contribution in [2.24, 2.45) is 11.5 Å². The van der Waals surface area contributed by atoms with Gasteiger partial charge in [-0.25, -0.2) is 4.79 Å². The smallest absolute Gasteiger partial charge is 0.407 e. The van der Waals surface area contributed by atoms with E-state index in [9.17, 15) is 48.6 Å². The second kappa shape index (κ2) is 24.6.